The first-order chi connectivity index (χ1) is 62.1. The Morgan fingerprint density at radius 3 is 0.462 bits per heavy atom. The van der Waals surface area contributed by atoms with Gasteiger partial charge in [0, 0.05) is 54.6 Å². The molecule has 8 aromatic rings. The minimum Gasteiger partial charge on any atom is -0.491 e. The molecule has 0 saturated carbocycles. The van der Waals surface area contributed by atoms with E-state index in [2.05, 4.69) is 132 Å². The molecule has 25 nitrogen and oxygen atoms in total. The van der Waals surface area contributed by atoms with E-state index in [9.17, 15) is 0 Å². The van der Waals surface area contributed by atoms with Crippen molar-refractivity contribution in [1.82, 2.24) is 0 Å². The highest BCUT2D eigenvalue weighted by Crippen LogP contribution is 2.42. The minimum absolute atomic E-state index is 0.00693. The van der Waals surface area contributed by atoms with Crippen molar-refractivity contribution in [2.45, 2.75) is 302 Å². The molecule has 0 bridgehead atoms. The molecule has 0 aromatic heterocycles. The van der Waals surface area contributed by atoms with Crippen molar-refractivity contribution in [1.29, 1.82) is 0 Å². The number of hydrogen-bond donors (Lipinski definition) is 0. The molecule has 0 spiro atoms. The second-order valence-corrected chi connectivity index (χ2v) is 41.8. The Bertz CT molecular complexity index is 4510. The first-order valence-corrected chi connectivity index (χ1v) is 46.3. The molecule has 6 aliphatic heterocycles. The zero-order chi connectivity index (χ0) is 94.4. The summed E-state index contributed by atoms with van der Waals surface area (Å²) >= 11 is 0. The Morgan fingerprint density at radius 2 is 0.318 bits per heavy atom. The fraction of sp³-hybridized carbons (Fsp3) is 0.551. The second-order valence-electron chi connectivity index (χ2n) is 41.8. The van der Waals surface area contributed by atoms with Crippen LogP contribution in [0.2, 0.25) is 0 Å². The predicted octanol–water partition coefficient (Wildman–Crippen LogP) is 20.3. The average Bonchev–Trinajstić information content (AvgIpc) is 1.70. The van der Waals surface area contributed by atoms with Crippen LogP contribution in [0.25, 0.3) is 0 Å². The third-order valence-corrected chi connectivity index (χ3v) is 23.4. The molecule has 0 N–H and O–H groups in total. The molecule has 6 heterocycles. The van der Waals surface area contributed by atoms with Gasteiger partial charge in [-0.25, -0.2) is 0 Å². The van der Waals surface area contributed by atoms with E-state index in [0.29, 0.717) is 51.7 Å². The van der Waals surface area contributed by atoms with Gasteiger partial charge in [-0.05, 0) is 181 Å². The average molecular weight is 1830 g/mol. The van der Waals surface area contributed by atoms with E-state index < -0.39 is 108 Å². The standard InChI is InChI=1S/C107H140O25/c1-98(2,3)69-30-38-73(39-31-69)109-56-86-90(125-102(13,14)121-86)60-115-80-49-81(116-61-91-87(122-103(15,16)126-91)57-110-74-40-32-70(33-41-74)99(4,5)6)52-84(51-80)119-66-96-94(129-106(21,22)131-96)64-113-78-46-77(108-55-68-28-26-25-27-29-68)47-79(48-78)114-65-95-97(132-107(23,24)130-95)67-120-85-53-82(117-62-92-88(123-104(17,18)127-92)58-111-75-42-34-71(35-43-75)100(7,8)9)50-83(54-85)118-63-93-89(124-105(19,20)128-93)59-112-76-44-36-72(37-45-76)101(10,11)12/h25-54,86-97H,55-67H2,1-24H3/t86-,87+,88-,89+,90-,91+,92-,93+,94-,95-,96-,97-/m1/s1. The molecular formula is C107H140O25. The lowest BCUT2D eigenvalue weighted by Gasteiger charge is -2.22. The quantitative estimate of drug-likeness (QED) is 0.0348. The van der Waals surface area contributed by atoms with Crippen LogP contribution in [0.1, 0.15) is 194 Å². The molecular weight excluding hydrogens is 1690 g/mol. The zero-order valence-corrected chi connectivity index (χ0v) is 81.6. The van der Waals surface area contributed by atoms with Crippen molar-refractivity contribution in [2.75, 3.05) is 79.3 Å². The van der Waals surface area contributed by atoms with Gasteiger partial charge in [-0.1, -0.05) is 162 Å². The van der Waals surface area contributed by atoms with Gasteiger partial charge in [0.2, 0.25) is 0 Å². The van der Waals surface area contributed by atoms with Gasteiger partial charge in [0.25, 0.3) is 0 Å². The molecule has 8 aromatic carbocycles. The summed E-state index contributed by atoms with van der Waals surface area (Å²) in [6.07, 6.45) is -6.49. The Hall–Kier alpha value is -9.32. The Morgan fingerprint density at radius 1 is 0.182 bits per heavy atom. The molecule has 0 radical (unpaired) electrons. The zero-order valence-electron chi connectivity index (χ0n) is 81.6. The molecule has 14 rings (SSSR count). The summed E-state index contributed by atoms with van der Waals surface area (Å²) < 4.78 is 164. The SMILES string of the molecule is CC1(C)O[C@@H](COc2ccc(C(C)(C)C)cc2)[C@H](COc2cc(OC[C@H]3OC(C)(C)O[C@@H]3COc3ccc(C(C)(C)C)cc3)cc(OC[C@H]3OC(C)(C)O[C@@H]3COc3cc(OCc4ccccc4)cc(OC[C@H]4OC(C)(C)O[C@@H]4COc4cc(OC[C@@H]5OC(C)(C)O[C@H]5COc5ccc(C(C)(C)C)cc5)cc(OC[C@H]5OC(C)(C)O[C@@H]5COc5ccc(C(C)(C)C)cc5)c4)c3)c2)O1. The highest BCUT2D eigenvalue weighted by atomic mass is 16.8. The van der Waals surface area contributed by atoms with E-state index in [-0.39, 0.29) is 108 Å². The van der Waals surface area contributed by atoms with Gasteiger partial charge in [0.1, 0.15) is 234 Å². The molecule has 0 unspecified atom stereocenters. The summed E-state index contributed by atoms with van der Waals surface area (Å²) in [7, 11) is 0. The maximum absolute atomic E-state index is 6.75. The van der Waals surface area contributed by atoms with Gasteiger partial charge in [0.15, 0.2) is 34.7 Å². The fourth-order valence-corrected chi connectivity index (χ4v) is 16.6. The van der Waals surface area contributed by atoms with E-state index >= 15 is 0 Å². The van der Waals surface area contributed by atoms with Gasteiger partial charge < -0.3 is 118 Å². The Kier molecular flexibility index (Phi) is 30.4. The van der Waals surface area contributed by atoms with Crippen molar-refractivity contribution in [3.05, 3.63) is 210 Å². The maximum atomic E-state index is 6.75. The summed E-state index contributed by atoms with van der Waals surface area (Å²) in [4.78, 5) is 0. The number of hydrogen-bond acceptors (Lipinski definition) is 25. The van der Waals surface area contributed by atoms with Crippen LogP contribution in [-0.2, 0) is 85.1 Å². The summed E-state index contributed by atoms with van der Waals surface area (Å²) in [6, 6.07) is 58.8. The van der Waals surface area contributed by atoms with Crippen molar-refractivity contribution < 1.29 is 118 Å². The summed E-state index contributed by atoms with van der Waals surface area (Å²) in [5.74, 6) is 1.22. The minimum atomic E-state index is -1.03. The molecule has 25 heteroatoms. The van der Waals surface area contributed by atoms with E-state index in [1.54, 1.807) is 6.07 Å². The first-order valence-electron chi connectivity index (χ1n) is 46.3. The smallest absolute Gasteiger partial charge is 0.164 e. The van der Waals surface area contributed by atoms with Crippen LogP contribution in [0.5, 0.6) is 74.7 Å². The number of rotatable bonds is 39. The van der Waals surface area contributed by atoms with Crippen molar-refractivity contribution in [2.24, 2.45) is 0 Å². The van der Waals surface area contributed by atoms with E-state index in [0.717, 1.165) is 28.6 Å². The highest BCUT2D eigenvalue weighted by molar-refractivity contribution is 5.45. The largest absolute Gasteiger partial charge is 0.491 e. The molecule has 6 saturated heterocycles. The Balaban J connectivity index is 0.660. The fourth-order valence-electron chi connectivity index (χ4n) is 16.6. The Labute approximate surface area is 780 Å². The highest BCUT2D eigenvalue weighted by Gasteiger charge is 2.49. The van der Waals surface area contributed by atoms with E-state index in [1.807, 2.05) is 210 Å². The lowest BCUT2D eigenvalue weighted by molar-refractivity contribution is -0.150. The van der Waals surface area contributed by atoms with Gasteiger partial charge >= 0.3 is 0 Å². The predicted molar refractivity (Wildman–Crippen MR) is 500 cm³/mol. The van der Waals surface area contributed by atoms with Crippen LogP contribution in [0.4, 0.5) is 0 Å². The van der Waals surface area contributed by atoms with Gasteiger partial charge in [-0.2, -0.15) is 0 Å². The summed E-state index contributed by atoms with van der Waals surface area (Å²) in [5.41, 5.74) is 5.76. The lowest BCUT2D eigenvalue weighted by Crippen LogP contribution is -2.34. The van der Waals surface area contributed by atoms with Crippen LogP contribution in [0, 0.1) is 0 Å². The van der Waals surface area contributed by atoms with Crippen LogP contribution in [0.3, 0.4) is 0 Å². The van der Waals surface area contributed by atoms with Crippen molar-refractivity contribution >= 4 is 0 Å². The van der Waals surface area contributed by atoms with Crippen molar-refractivity contribution in [3.63, 3.8) is 0 Å². The summed E-state index contributed by atoms with van der Waals surface area (Å²) in [6.45, 7) is 50.5. The van der Waals surface area contributed by atoms with Gasteiger partial charge in [-0.3, -0.25) is 0 Å². The molecule has 12 atom stereocenters. The van der Waals surface area contributed by atoms with Crippen LogP contribution in [0.15, 0.2) is 182 Å². The van der Waals surface area contributed by atoms with E-state index in [4.69, 9.17) is 118 Å². The molecule has 6 fully saturated rings. The second kappa shape index (κ2) is 40.7. The maximum Gasteiger partial charge on any atom is 0.164 e. The van der Waals surface area contributed by atoms with Crippen LogP contribution >= 0.6 is 0 Å². The normalized spacial score (nSPS) is 24.6. The third kappa shape index (κ3) is 28.2. The first kappa shape index (κ1) is 98.7. The van der Waals surface area contributed by atoms with E-state index in [1.165, 1.54) is 22.3 Å². The topological polar surface area (TPSA) is 231 Å². The van der Waals surface area contributed by atoms with Gasteiger partial charge in [-0.15, -0.1) is 0 Å². The van der Waals surface area contributed by atoms with Crippen molar-refractivity contribution in [3.8, 4) is 74.7 Å². The van der Waals surface area contributed by atoms with Crippen LogP contribution in [-0.4, -0.2) is 187 Å². The van der Waals surface area contributed by atoms with Gasteiger partial charge in [0.05, 0.1) is 0 Å². The van der Waals surface area contributed by atoms with Crippen LogP contribution < -0.4 is 61.6 Å². The molecule has 6 aliphatic rings. The molecule has 0 aliphatic carbocycles. The molecule has 0 amide bonds. The summed E-state index contributed by atoms with van der Waals surface area (Å²) in [5, 5.41) is 0. The number of ether oxygens (including phenoxy) is 25. The molecule has 718 valence electrons. The number of benzene rings is 8. The lowest BCUT2D eigenvalue weighted by atomic mass is 9.87. The monoisotopic (exact) mass is 1820 g/mol. The third-order valence-electron chi connectivity index (χ3n) is 23.4. The molecule has 132 heavy (non-hydrogen) atoms.